The SMILES string of the molecule is CO[C@H]1/C=C/C[C@H](C)[C@H](C2CC2)S(=O)(=O)NC(=O)c2ccc3c(c2)N(C[C@@H]2CC[C@H]21)C[C@@]1(CCCc2cc(Cl)ccc21)CO3. The van der Waals surface area contributed by atoms with Crippen molar-refractivity contribution in [3.8, 4) is 5.75 Å². The van der Waals surface area contributed by atoms with E-state index < -0.39 is 21.2 Å². The maximum Gasteiger partial charge on any atom is 0.264 e. The number of allylic oxidation sites excluding steroid dienone is 1. The number of nitrogens with one attached hydrogen (secondary N) is 1. The van der Waals surface area contributed by atoms with Crippen molar-refractivity contribution in [1.82, 2.24) is 4.72 Å². The number of carbonyl (C=O) groups excluding carboxylic acids is 1. The van der Waals surface area contributed by atoms with Gasteiger partial charge in [-0.3, -0.25) is 4.79 Å². The van der Waals surface area contributed by atoms with Gasteiger partial charge in [-0.1, -0.05) is 36.7 Å². The summed E-state index contributed by atoms with van der Waals surface area (Å²) >= 11 is 6.42. The number of methoxy groups -OCH3 is 1. The number of aryl methyl sites for hydroxylation is 1. The molecule has 7 rings (SSSR count). The summed E-state index contributed by atoms with van der Waals surface area (Å²) < 4.78 is 42.5. The Bertz CT molecular complexity index is 1570. The number of fused-ring (bicyclic) bond motifs is 4. The van der Waals surface area contributed by atoms with Gasteiger partial charge in [0.05, 0.1) is 23.6 Å². The van der Waals surface area contributed by atoms with E-state index >= 15 is 0 Å². The predicted molar refractivity (Wildman–Crippen MR) is 173 cm³/mol. The van der Waals surface area contributed by atoms with Crippen LogP contribution in [0.25, 0.3) is 0 Å². The van der Waals surface area contributed by atoms with Gasteiger partial charge in [0, 0.05) is 36.2 Å². The van der Waals surface area contributed by atoms with E-state index in [1.54, 1.807) is 13.2 Å². The topological polar surface area (TPSA) is 84.9 Å². The van der Waals surface area contributed by atoms with Crippen LogP contribution in [0.1, 0.15) is 73.4 Å². The number of rotatable bonds is 2. The number of carbonyl (C=O) groups is 1. The molecule has 0 aromatic heterocycles. The third-order valence-corrected chi connectivity index (χ3v) is 13.3. The quantitative estimate of drug-likeness (QED) is 0.390. The van der Waals surface area contributed by atoms with E-state index in [1.807, 2.05) is 25.1 Å². The first-order valence-corrected chi connectivity index (χ1v) is 18.2. The Hall–Kier alpha value is -2.55. The highest BCUT2D eigenvalue weighted by molar-refractivity contribution is 7.90. The number of benzene rings is 2. The van der Waals surface area contributed by atoms with Gasteiger partial charge in [0.1, 0.15) is 5.75 Å². The second-order valence-corrected chi connectivity index (χ2v) is 16.2. The lowest BCUT2D eigenvalue weighted by Crippen LogP contribution is -2.49. The molecular weight excluding hydrogens is 596 g/mol. The van der Waals surface area contributed by atoms with Crippen LogP contribution >= 0.6 is 11.6 Å². The van der Waals surface area contributed by atoms with Crippen molar-refractivity contribution in [1.29, 1.82) is 0 Å². The van der Waals surface area contributed by atoms with Crippen LogP contribution in [-0.4, -0.2) is 52.5 Å². The molecule has 2 saturated carbocycles. The highest BCUT2D eigenvalue weighted by atomic mass is 35.5. The van der Waals surface area contributed by atoms with Crippen LogP contribution in [0.3, 0.4) is 0 Å². The Labute approximate surface area is 266 Å². The van der Waals surface area contributed by atoms with Crippen LogP contribution in [0.4, 0.5) is 5.69 Å². The largest absolute Gasteiger partial charge is 0.490 e. The zero-order valence-electron chi connectivity index (χ0n) is 25.6. The molecule has 1 amide bonds. The van der Waals surface area contributed by atoms with Crippen molar-refractivity contribution >= 4 is 33.2 Å². The molecule has 2 aliphatic heterocycles. The summed E-state index contributed by atoms with van der Waals surface area (Å²) in [6, 6.07) is 11.6. The van der Waals surface area contributed by atoms with Gasteiger partial charge in [0.25, 0.3) is 5.91 Å². The first-order valence-electron chi connectivity index (χ1n) is 16.2. The van der Waals surface area contributed by atoms with E-state index in [-0.39, 0.29) is 23.4 Å². The molecule has 2 aromatic carbocycles. The average Bonchev–Trinajstić information content (AvgIpc) is 3.82. The molecule has 1 spiro atoms. The van der Waals surface area contributed by atoms with Crippen molar-refractivity contribution in [2.45, 2.75) is 75.1 Å². The minimum absolute atomic E-state index is 0.0231. The fourth-order valence-electron chi connectivity index (χ4n) is 8.45. The number of hydrogen-bond donors (Lipinski definition) is 1. The third-order valence-electron chi connectivity index (χ3n) is 11.0. The van der Waals surface area contributed by atoms with Crippen molar-refractivity contribution in [2.24, 2.45) is 23.7 Å². The fraction of sp³-hybridized carbons (Fsp3) is 0.571. The van der Waals surface area contributed by atoms with Crippen LogP contribution < -0.4 is 14.4 Å². The van der Waals surface area contributed by atoms with Crippen molar-refractivity contribution in [3.63, 3.8) is 0 Å². The minimum Gasteiger partial charge on any atom is -0.490 e. The van der Waals surface area contributed by atoms with Gasteiger partial charge in [-0.2, -0.15) is 0 Å². The highest BCUT2D eigenvalue weighted by Crippen LogP contribution is 2.47. The number of nitrogens with zero attached hydrogens (tertiary/aromatic N) is 1. The molecule has 9 heteroatoms. The van der Waals surface area contributed by atoms with Gasteiger partial charge in [0.15, 0.2) is 0 Å². The number of hydrogen-bond acceptors (Lipinski definition) is 6. The van der Waals surface area contributed by atoms with E-state index in [2.05, 4.69) is 33.9 Å². The second-order valence-electron chi connectivity index (χ2n) is 13.9. The van der Waals surface area contributed by atoms with Crippen LogP contribution in [-0.2, 0) is 26.6 Å². The number of anilines is 1. The lowest BCUT2D eigenvalue weighted by atomic mass is 9.68. The molecule has 1 N–H and O–H groups in total. The first-order chi connectivity index (χ1) is 21.2. The van der Waals surface area contributed by atoms with Crippen LogP contribution in [0.2, 0.25) is 5.02 Å². The van der Waals surface area contributed by atoms with Crippen molar-refractivity contribution in [3.05, 3.63) is 70.3 Å². The molecule has 2 aromatic rings. The van der Waals surface area contributed by atoms with E-state index in [4.69, 9.17) is 21.1 Å². The Morgan fingerprint density at radius 2 is 1.91 bits per heavy atom. The summed E-state index contributed by atoms with van der Waals surface area (Å²) in [5, 5.41) is 0.144. The van der Waals surface area contributed by atoms with Crippen LogP contribution in [0, 0.1) is 23.7 Å². The molecule has 236 valence electrons. The highest BCUT2D eigenvalue weighted by Gasteiger charge is 2.46. The first kappa shape index (κ1) is 30.1. The average molecular weight is 639 g/mol. The minimum atomic E-state index is -3.88. The zero-order valence-corrected chi connectivity index (χ0v) is 27.2. The summed E-state index contributed by atoms with van der Waals surface area (Å²) in [5.41, 5.74) is 3.53. The van der Waals surface area contributed by atoms with E-state index in [0.717, 1.165) is 74.5 Å². The van der Waals surface area contributed by atoms with Gasteiger partial charge < -0.3 is 14.4 Å². The molecule has 3 aliphatic carbocycles. The molecule has 0 saturated heterocycles. The molecule has 2 bridgehead atoms. The van der Waals surface area contributed by atoms with E-state index in [0.29, 0.717) is 30.4 Å². The van der Waals surface area contributed by atoms with E-state index in [9.17, 15) is 13.2 Å². The number of ether oxygens (including phenoxy) is 2. The monoisotopic (exact) mass is 638 g/mol. The molecule has 44 heavy (non-hydrogen) atoms. The van der Waals surface area contributed by atoms with Crippen molar-refractivity contribution in [2.75, 3.05) is 31.7 Å². The van der Waals surface area contributed by atoms with Crippen molar-refractivity contribution < 1.29 is 22.7 Å². The number of amides is 1. The van der Waals surface area contributed by atoms with Gasteiger partial charge in [0.2, 0.25) is 10.0 Å². The molecule has 6 atom stereocenters. The third kappa shape index (κ3) is 5.56. The summed E-state index contributed by atoms with van der Waals surface area (Å²) in [5.74, 6) is 0.903. The summed E-state index contributed by atoms with van der Waals surface area (Å²) in [6.07, 6.45) is 11.9. The molecule has 5 aliphatic rings. The lowest BCUT2D eigenvalue weighted by Gasteiger charge is -2.46. The summed E-state index contributed by atoms with van der Waals surface area (Å²) in [4.78, 5) is 16.0. The molecule has 2 heterocycles. The van der Waals surface area contributed by atoms with Gasteiger partial charge in [-0.15, -0.1) is 0 Å². The molecule has 7 nitrogen and oxygen atoms in total. The molecule has 2 fully saturated rings. The number of halogens is 1. The van der Waals surface area contributed by atoms with Gasteiger partial charge in [-0.25, -0.2) is 13.1 Å². The standard InChI is InChI=1S/C35H43ClN2O5S/c1-22-5-3-7-31(42-2)28-13-10-26(28)19-38-20-35(16-4-6-24-17-27(36)12-14-29(24)35)21-43-32-15-11-25(18-30(32)38)34(39)37-44(40,41)33(22)23-8-9-23/h3,7,11-12,14-15,17-18,22-23,26,28,31,33H,4-6,8-10,13,16,19-21H2,1-2H3,(H,37,39)/b7-3+/t22-,26-,28+,31-,33+,35-/m0/s1. The zero-order chi connectivity index (χ0) is 30.6. The van der Waals surface area contributed by atoms with E-state index in [1.165, 1.54) is 11.1 Å². The molecular formula is C35H43ClN2O5S. The Morgan fingerprint density at radius 1 is 1.09 bits per heavy atom. The summed E-state index contributed by atoms with van der Waals surface area (Å²) in [7, 11) is -2.11. The van der Waals surface area contributed by atoms with Crippen LogP contribution in [0.15, 0.2) is 48.6 Å². The fourth-order valence-corrected chi connectivity index (χ4v) is 10.7. The predicted octanol–water partition coefficient (Wildman–Crippen LogP) is 6.29. The second kappa shape index (κ2) is 11.7. The Morgan fingerprint density at radius 3 is 2.66 bits per heavy atom. The maximum atomic E-state index is 13.7. The maximum absolute atomic E-state index is 13.7. The Balaban J connectivity index is 1.30. The molecule has 0 unspecified atom stereocenters. The normalized spacial score (nSPS) is 34.0. The smallest absolute Gasteiger partial charge is 0.264 e. The van der Waals surface area contributed by atoms with Crippen LogP contribution in [0.5, 0.6) is 5.75 Å². The molecule has 0 radical (unpaired) electrons. The Kier molecular flexibility index (Phi) is 7.99. The van der Waals surface area contributed by atoms with Gasteiger partial charge in [-0.05, 0) is 116 Å². The lowest BCUT2D eigenvalue weighted by molar-refractivity contribution is 0.0131. The van der Waals surface area contributed by atoms with Gasteiger partial charge >= 0.3 is 0 Å². The number of sulfonamides is 1. The summed E-state index contributed by atoms with van der Waals surface area (Å²) in [6.45, 7) is 4.07.